The van der Waals surface area contributed by atoms with Crippen molar-refractivity contribution in [1.29, 1.82) is 0 Å². The number of primary amides is 1. The van der Waals surface area contributed by atoms with Crippen LogP contribution in [-0.4, -0.2) is 25.5 Å². The first kappa shape index (κ1) is 18.6. The summed E-state index contributed by atoms with van der Waals surface area (Å²) < 4.78 is 10.4. The standard InChI is InChI=1S/C18H19ClN2O4/c1-3-11-4-6-13(7-5-11)21-18(23)12-8-14(19)17(15(9-12)24-2)25-10-16(20)22/h4-9H,3,10H2,1-2H3,(H2,20,22)(H,21,23). The molecule has 132 valence electrons. The van der Waals surface area contributed by atoms with E-state index in [1.54, 1.807) is 0 Å². The van der Waals surface area contributed by atoms with Crippen LogP contribution in [0, 0.1) is 0 Å². The molecule has 25 heavy (non-hydrogen) atoms. The average Bonchev–Trinajstić information content (AvgIpc) is 2.60. The molecule has 0 fully saturated rings. The van der Waals surface area contributed by atoms with Crippen LogP contribution >= 0.6 is 11.6 Å². The zero-order valence-electron chi connectivity index (χ0n) is 14.0. The third kappa shape index (κ3) is 4.87. The van der Waals surface area contributed by atoms with E-state index < -0.39 is 5.91 Å². The van der Waals surface area contributed by atoms with E-state index in [2.05, 4.69) is 12.2 Å². The molecule has 0 aromatic heterocycles. The molecular weight excluding hydrogens is 344 g/mol. The number of hydrogen-bond acceptors (Lipinski definition) is 4. The summed E-state index contributed by atoms with van der Waals surface area (Å²) in [4.78, 5) is 23.3. The summed E-state index contributed by atoms with van der Waals surface area (Å²) in [5.41, 5.74) is 7.21. The number of carbonyl (C=O) groups is 2. The van der Waals surface area contributed by atoms with Crippen molar-refractivity contribution in [1.82, 2.24) is 0 Å². The molecule has 7 heteroatoms. The SMILES string of the molecule is CCc1ccc(NC(=O)c2cc(Cl)c(OCC(N)=O)c(OC)c2)cc1. The molecule has 2 aromatic rings. The van der Waals surface area contributed by atoms with Crippen molar-refractivity contribution in [3.05, 3.63) is 52.5 Å². The molecule has 0 spiro atoms. The maximum absolute atomic E-state index is 12.4. The summed E-state index contributed by atoms with van der Waals surface area (Å²) in [6, 6.07) is 10.5. The van der Waals surface area contributed by atoms with Gasteiger partial charge in [0, 0.05) is 11.3 Å². The van der Waals surface area contributed by atoms with E-state index in [-0.39, 0.29) is 29.0 Å². The highest BCUT2D eigenvalue weighted by Gasteiger charge is 2.16. The quantitative estimate of drug-likeness (QED) is 0.792. The normalized spacial score (nSPS) is 10.2. The predicted molar refractivity (Wildman–Crippen MR) is 96.5 cm³/mol. The molecule has 0 atom stereocenters. The van der Waals surface area contributed by atoms with Gasteiger partial charge in [-0.2, -0.15) is 0 Å². The summed E-state index contributed by atoms with van der Waals surface area (Å²) in [7, 11) is 1.41. The van der Waals surface area contributed by atoms with Gasteiger partial charge in [-0.05, 0) is 36.2 Å². The van der Waals surface area contributed by atoms with Crippen LogP contribution in [0.4, 0.5) is 5.69 Å². The maximum Gasteiger partial charge on any atom is 0.255 e. The molecule has 0 aliphatic carbocycles. The van der Waals surface area contributed by atoms with E-state index in [1.165, 1.54) is 24.8 Å². The summed E-state index contributed by atoms with van der Waals surface area (Å²) in [6.45, 7) is 1.72. The molecule has 0 bridgehead atoms. The Balaban J connectivity index is 2.21. The van der Waals surface area contributed by atoms with Crippen LogP contribution in [0.1, 0.15) is 22.8 Å². The van der Waals surface area contributed by atoms with Crippen molar-refractivity contribution in [2.75, 3.05) is 19.0 Å². The molecule has 2 rings (SSSR count). The number of halogens is 1. The van der Waals surface area contributed by atoms with E-state index in [0.29, 0.717) is 11.3 Å². The third-order valence-corrected chi connectivity index (χ3v) is 3.75. The molecule has 0 unspecified atom stereocenters. The van der Waals surface area contributed by atoms with Gasteiger partial charge in [-0.3, -0.25) is 9.59 Å². The van der Waals surface area contributed by atoms with Gasteiger partial charge in [0.1, 0.15) is 0 Å². The summed E-state index contributed by atoms with van der Waals surface area (Å²) >= 11 is 6.15. The zero-order chi connectivity index (χ0) is 18.4. The van der Waals surface area contributed by atoms with Gasteiger partial charge in [0.15, 0.2) is 18.1 Å². The largest absolute Gasteiger partial charge is 0.493 e. The molecular formula is C18H19ClN2O4. The number of carbonyl (C=O) groups excluding carboxylic acids is 2. The Hall–Kier alpha value is -2.73. The molecule has 2 aromatic carbocycles. The lowest BCUT2D eigenvalue weighted by atomic mass is 10.1. The van der Waals surface area contributed by atoms with Crippen molar-refractivity contribution in [3.8, 4) is 11.5 Å². The fraction of sp³-hybridized carbons (Fsp3) is 0.222. The Morgan fingerprint density at radius 3 is 2.44 bits per heavy atom. The topological polar surface area (TPSA) is 90.6 Å². The van der Waals surface area contributed by atoms with Gasteiger partial charge in [-0.1, -0.05) is 30.7 Å². The third-order valence-electron chi connectivity index (χ3n) is 3.47. The number of anilines is 1. The van der Waals surface area contributed by atoms with E-state index in [4.69, 9.17) is 26.8 Å². The van der Waals surface area contributed by atoms with Crippen LogP contribution in [-0.2, 0) is 11.2 Å². The summed E-state index contributed by atoms with van der Waals surface area (Å²) in [5, 5.41) is 2.94. The van der Waals surface area contributed by atoms with Crippen molar-refractivity contribution in [2.45, 2.75) is 13.3 Å². The lowest BCUT2D eigenvalue weighted by Crippen LogP contribution is -2.20. The minimum absolute atomic E-state index is 0.145. The van der Waals surface area contributed by atoms with Gasteiger partial charge in [0.2, 0.25) is 0 Å². The van der Waals surface area contributed by atoms with Crippen LogP contribution < -0.4 is 20.5 Å². The molecule has 0 aliphatic rings. The van der Waals surface area contributed by atoms with Gasteiger partial charge in [0.05, 0.1) is 12.1 Å². The first-order valence-electron chi connectivity index (χ1n) is 7.63. The van der Waals surface area contributed by atoms with Crippen molar-refractivity contribution in [2.24, 2.45) is 5.73 Å². The number of aryl methyl sites for hydroxylation is 1. The molecule has 6 nitrogen and oxygen atoms in total. The molecule has 2 amide bonds. The highest BCUT2D eigenvalue weighted by Crippen LogP contribution is 2.36. The molecule has 0 radical (unpaired) electrons. The number of methoxy groups -OCH3 is 1. The molecule has 0 aliphatic heterocycles. The average molecular weight is 363 g/mol. The minimum atomic E-state index is -0.643. The first-order valence-corrected chi connectivity index (χ1v) is 8.01. The number of hydrogen-bond donors (Lipinski definition) is 2. The molecule has 0 saturated carbocycles. The van der Waals surface area contributed by atoms with Crippen molar-refractivity contribution >= 4 is 29.1 Å². The second kappa shape index (κ2) is 8.39. The monoisotopic (exact) mass is 362 g/mol. The number of rotatable bonds is 7. The van der Waals surface area contributed by atoms with Crippen LogP contribution in [0.3, 0.4) is 0 Å². The Morgan fingerprint density at radius 2 is 1.88 bits per heavy atom. The number of nitrogens with two attached hydrogens (primary N) is 1. The minimum Gasteiger partial charge on any atom is -0.493 e. The number of nitrogens with one attached hydrogen (secondary N) is 1. The van der Waals surface area contributed by atoms with Gasteiger partial charge in [-0.15, -0.1) is 0 Å². The fourth-order valence-corrected chi connectivity index (χ4v) is 2.43. The number of benzene rings is 2. The number of ether oxygens (including phenoxy) is 2. The van der Waals surface area contributed by atoms with Gasteiger partial charge >= 0.3 is 0 Å². The summed E-state index contributed by atoms with van der Waals surface area (Å²) in [6.07, 6.45) is 0.924. The van der Waals surface area contributed by atoms with Crippen LogP contribution in [0.25, 0.3) is 0 Å². The Morgan fingerprint density at radius 1 is 1.20 bits per heavy atom. The lowest BCUT2D eigenvalue weighted by Gasteiger charge is -2.13. The molecule has 0 heterocycles. The second-order valence-corrected chi connectivity index (χ2v) is 5.66. The highest BCUT2D eigenvalue weighted by atomic mass is 35.5. The van der Waals surface area contributed by atoms with Crippen LogP contribution in [0.5, 0.6) is 11.5 Å². The number of amides is 2. The van der Waals surface area contributed by atoms with E-state index >= 15 is 0 Å². The van der Waals surface area contributed by atoms with Crippen LogP contribution in [0.15, 0.2) is 36.4 Å². The van der Waals surface area contributed by atoms with Crippen molar-refractivity contribution < 1.29 is 19.1 Å². The van der Waals surface area contributed by atoms with E-state index in [9.17, 15) is 9.59 Å². The molecule has 0 saturated heterocycles. The van der Waals surface area contributed by atoms with Gasteiger partial charge < -0.3 is 20.5 Å². The predicted octanol–water partition coefficient (Wildman–Crippen LogP) is 3.03. The van der Waals surface area contributed by atoms with Crippen molar-refractivity contribution in [3.63, 3.8) is 0 Å². The second-order valence-electron chi connectivity index (χ2n) is 5.25. The smallest absolute Gasteiger partial charge is 0.255 e. The van der Waals surface area contributed by atoms with E-state index in [0.717, 1.165) is 6.42 Å². The van der Waals surface area contributed by atoms with E-state index in [1.807, 2.05) is 24.3 Å². The first-order chi connectivity index (χ1) is 11.9. The Bertz CT molecular complexity index is 775. The van der Waals surface area contributed by atoms with Crippen LogP contribution in [0.2, 0.25) is 5.02 Å². The fourth-order valence-electron chi connectivity index (χ4n) is 2.16. The van der Waals surface area contributed by atoms with Gasteiger partial charge in [-0.25, -0.2) is 0 Å². The highest BCUT2D eigenvalue weighted by molar-refractivity contribution is 6.32. The molecule has 3 N–H and O–H groups in total. The summed E-state index contributed by atoms with van der Waals surface area (Å²) in [5.74, 6) is -0.589. The maximum atomic E-state index is 12.4. The van der Waals surface area contributed by atoms with Gasteiger partial charge in [0.25, 0.3) is 11.8 Å². The lowest BCUT2D eigenvalue weighted by molar-refractivity contribution is -0.119. The zero-order valence-corrected chi connectivity index (χ0v) is 14.7. The Labute approximate surface area is 150 Å². The Kier molecular flexibility index (Phi) is 6.25.